The van der Waals surface area contributed by atoms with E-state index in [0.717, 1.165) is 23.3 Å². The predicted molar refractivity (Wildman–Crippen MR) is 123 cm³/mol. The third kappa shape index (κ3) is 7.47. The molecule has 0 aromatic heterocycles. The molecule has 2 aromatic rings. The van der Waals surface area contributed by atoms with Crippen LogP contribution >= 0.6 is 0 Å². The molecule has 2 rings (SSSR count). The molecule has 0 saturated carbocycles. The zero-order valence-electron chi connectivity index (χ0n) is 19.4. The molecule has 0 fully saturated rings. The van der Waals surface area contributed by atoms with Gasteiger partial charge in [-0.15, -0.1) is 0 Å². The number of amides is 2. The summed E-state index contributed by atoms with van der Waals surface area (Å²) in [7, 11) is -4.08. The fourth-order valence-corrected chi connectivity index (χ4v) is 3.92. The number of benzene rings is 2. The molecule has 1 atom stereocenters. The molecule has 11 heteroatoms. The summed E-state index contributed by atoms with van der Waals surface area (Å²) in [5.41, 5.74) is 0.269. The number of halogens is 3. The quantitative estimate of drug-likeness (QED) is 0.545. The van der Waals surface area contributed by atoms with Crippen LogP contribution in [0.3, 0.4) is 0 Å². The molecule has 0 heterocycles. The number of nitrogens with zero attached hydrogens (tertiary/aromatic N) is 2. The number of sulfonamides is 1. The molecule has 0 unspecified atom stereocenters. The number of hydrogen-bond donors (Lipinski definition) is 1. The minimum absolute atomic E-state index is 0.106. The zero-order chi connectivity index (χ0) is 25.6. The molecule has 2 amide bonds. The van der Waals surface area contributed by atoms with Gasteiger partial charge in [0.15, 0.2) is 11.6 Å². The van der Waals surface area contributed by atoms with Crippen LogP contribution in [0.4, 0.5) is 18.9 Å². The number of hydrogen-bond acceptors (Lipinski definition) is 4. The van der Waals surface area contributed by atoms with Crippen molar-refractivity contribution in [2.75, 3.05) is 23.7 Å². The van der Waals surface area contributed by atoms with Crippen LogP contribution in [0.25, 0.3) is 0 Å². The topological polar surface area (TPSA) is 86.8 Å². The monoisotopic (exact) mass is 499 g/mol. The molecule has 1 N–H and O–H groups in total. The maximum atomic E-state index is 13.8. The SMILES string of the molecule is CC(C)CNC(=O)[C@H](C)N(Cc1ccc(F)cc1)C(=O)CN(c1ccc(F)c(F)c1)S(C)(=O)=O. The molecule has 0 spiro atoms. The zero-order valence-corrected chi connectivity index (χ0v) is 20.2. The van der Waals surface area contributed by atoms with Crippen LogP contribution < -0.4 is 9.62 Å². The lowest BCUT2D eigenvalue weighted by Gasteiger charge is -2.31. The van der Waals surface area contributed by atoms with Crippen molar-refractivity contribution >= 4 is 27.5 Å². The lowest BCUT2D eigenvalue weighted by atomic mass is 10.1. The van der Waals surface area contributed by atoms with E-state index in [-0.39, 0.29) is 18.2 Å². The smallest absolute Gasteiger partial charge is 0.244 e. The Bertz CT molecular complexity index is 1120. The van der Waals surface area contributed by atoms with E-state index >= 15 is 0 Å². The summed E-state index contributed by atoms with van der Waals surface area (Å²) in [6, 6.07) is 6.75. The van der Waals surface area contributed by atoms with Crippen LogP contribution in [0.2, 0.25) is 0 Å². The molecule has 7 nitrogen and oxygen atoms in total. The second-order valence-electron chi connectivity index (χ2n) is 8.33. The highest BCUT2D eigenvalue weighted by atomic mass is 32.2. The molecule has 0 aliphatic carbocycles. The Hall–Kier alpha value is -3.08. The van der Waals surface area contributed by atoms with Gasteiger partial charge in [-0.3, -0.25) is 13.9 Å². The van der Waals surface area contributed by atoms with Crippen molar-refractivity contribution < 1.29 is 31.2 Å². The molecular weight excluding hydrogens is 471 g/mol. The Morgan fingerprint density at radius 2 is 1.59 bits per heavy atom. The highest BCUT2D eigenvalue weighted by Gasteiger charge is 2.30. The second-order valence-corrected chi connectivity index (χ2v) is 10.2. The number of rotatable bonds is 10. The average molecular weight is 500 g/mol. The maximum absolute atomic E-state index is 13.8. The third-order valence-corrected chi connectivity index (χ3v) is 6.13. The van der Waals surface area contributed by atoms with E-state index in [2.05, 4.69) is 5.32 Å². The van der Waals surface area contributed by atoms with E-state index in [1.54, 1.807) is 0 Å². The summed E-state index contributed by atoms with van der Waals surface area (Å²) in [6.45, 7) is 4.79. The van der Waals surface area contributed by atoms with Crippen molar-refractivity contribution in [1.82, 2.24) is 10.2 Å². The van der Waals surface area contributed by atoms with Crippen LogP contribution in [0.1, 0.15) is 26.3 Å². The summed E-state index contributed by atoms with van der Waals surface area (Å²) in [5, 5.41) is 2.73. The number of nitrogens with one attached hydrogen (secondary N) is 1. The lowest BCUT2D eigenvalue weighted by Crippen LogP contribution is -2.51. The Morgan fingerprint density at radius 1 is 0.971 bits per heavy atom. The predicted octanol–water partition coefficient (Wildman–Crippen LogP) is 3.06. The van der Waals surface area contributed by atoms with Gasteiger partial charge >= 0.3 is 0 Å². The van der Waals surface area contributed by atoms with Gasteiger partial charge in [0.2, 0.25) is 21.8 Å². The Balaban J connectivity index is 2.37. The minimum Gasteiger partial charge on any atom is -0.354 e. The average Bonchev–Trinajstić information content (AvgIpc) is 2.76. The van der Waals surface area contributed by atoms with Gasteiger partial charge < -0.3 is 10.2 Å². The molecule has 0 aliphatic heterocycles. The van der Waals surface area contributed by atoms with Gasteiger partial charge in [0.05, 0.1) is 11.9 Å². The first-order valence-corrected chi connectivity index (χ1v) is 12.4. The van der Waals surface area contributed by atoms with E-state index in [1.165, 1.54) is 31.2 Å². The van der Waals surface area contributed by atoms with E-state index in [4.69, 9.17) is 0 Å². The lowest BCUT2D eigenvalue weighted by molar-refractivity contribution is -0.139. The Kier molecular flexibility index (Phi) is 9.08. The number of carbonyl (C=O) groups is 2. The van der Waals surface area contributed by atoms with Gasteiger partial charge in [-0.2, -0.15) is 0 Å². The third-order valence-electron chi connectivity index (χ3n) is 4.99. The van der Waals surface area contributed by atoms with Crippen LogP contribution in [0, 0.1) is 23.4 Å². The first-order valence-electron chi connectivity index (χ1n) is 10.5. The minimum atomic E-state index is -4.08. The van der Waals surface area contributed by atoms with Crippen LogP contribution in [-0.4, -0.2) is 50.5 Å². The summed E-state index contributed by atoms with van der Waals surface area (Å²) >= 11 is 0. The second kappa shape index (κ2) is 11.4. The molecule has 0 radical (unpaired) electrons. The van der Waals surface area contributed by atoms with Crippen molar-refractivity contribution in [1.29, 1.82) is 0 Å². The first kappa shape index (κ1) is 27.2. The highest BCUT2D eigenvalue weighted by Crippen LogP contribution is 2.21. The maximum Gasteiger partial charge on any atom is 0.244 e. The van der Waals surface area contributed by atoms with Crippen molar-refractivity contribution in [2.45, 2.75) is 33.4 Å². The van der Waals surface area contributed by atoms with Crippen molar-refractivity contribution in [3.63, 3.8) is 0 Å². The highest BCUT2D eigenvalue weighted by molar-refractivity contribution is 7.92. The summed E-state index contributed by atoms with van der Waals surface area (Å²) in [5.74, 6) is -3.98. The van der Waals surface area contributed by atoms with E-state index in [0.29, 0.717) is 22.5 Å². The normalized spacial score (nSPS) is 12.4. The molecule has 0 bridgehead atoms. The Morgan fingerprint density at radius 3 is 2.12 bits per heavy atom. The number of anilines is 1. The summed E-state index contributed by atoms with van der Waals surface area (Å²) in [4.78, 5) is 27.1. The van der Waals surface area contributed by atoms with E-state index in [9.17, 15) is 31.2 Å². The van der Waals surface area contributed by atoms with Crippen molar-refractivity contribution in [2.24, 2.45) is 5.92 Å². The van der Waals surface area contributed by atoms with Gasteiger partial charge in [0, 0.05) is 19.2 Å². The molecular formula is C23H28F3N3O4S. The summed E-state index contributed by atoms with van der Waals surface area (Å²) in [6.07, 6.45) is 0.824. The Labute approximate surface area is 197 Å². The largest absolute Gasteiger partial charge is 0.354 e. The number of carbonyl (C=O) groups excluding carboxylic acids is 2. The van der Waals surface area contributed by atoms with Crippen molar-refractivity contribution in [3.8, 4) is 0 Å². The van der Waals surface area contributed by atoms with Gasteiger partial charge in [-0.25, -0.2) is 21.6 Å². The first-order chi connectivity index (χ1) is 15.8. The van der Waals surface area contributed by atoms with E-state index in [1.807, 2.05) is 13.8 Å². The molecule has 34 heavy (non-hydrogen) atoms. The van der Waals surface area contributed by atoms with E-state index < -0.39 is 51.9 Å². The van der Waals surface area contributed by atoms with Crippen LogP contribution in [0.15, 0.2) is 42.5 Å². The molecule has 2 aromatic carbocycles. The van der Waals surface area contributed by atoms with Crippen LogP contribution in [0.5, 0.6) is 0 Å². The van der Waals surface area contributed by atoms with Gasteiger partial charge in [0.1, 0.15) is 18.4 Å². The van der Waals surface area contributed by atoms with Gasteiger partial charge in [0.25, 0.3) is 0 Å². The molecule has 186 valence electrons. The molecule has 0 saturated heterocycles. The van der Waals surface area contributed by atoms with Crippen molar-refractivity contribution in [3.05, 3.63) is 65.5 Å². The van der Waals surface area contributed by atoms with Gasteiger partial charge in [-0.1, -0.05) is 26.0 Å². The van der Waals surface area contributed by atoms with Crippen LogP contribution in [-0.2, 0) is 26.2 Å². The fraction of sp³-hybridized carbons (Fsp3) is 0.391. The standard InChI is InChI=1S/C23H28F3N3O4S/c1-15(2)12-27-23(31)16(3)28(13-17-5-7-18(24)8-6-17)22(30)14-29(34(4,32)33)19-9-10-20(25)21(26)11-19/h5-11,15-16H,12-14H2,1-4H3,(H,27,31)/t16-/m0/s1. The fourth-order valence-electron chi connectivity index (χ4n) is 3.08. The summed E-state index contributed by atoms with van der Waals surface area (Å²) < 4.78 is 65.8. The van der Waals surface area contributed by atoms with Gasteiger partial charge in [-0.05, 0) is 42.7 Å². The molecule has 0 aliphatic rings.